The second-order valence-electron chi connectivity index (χ2n) is 2.38. The van der Waals surface area contributed by atoms with Gasteiger partial charge in [0.25, 0.3) is 0 Å². The zero-order valence-corrected chi connectivity index (χ0v) is 8.21. The van der Waals surface area contributed by atoms with Gasteiger partial charge in [0.15, 0.2) is 0 Å². The van der Waals surface area contributed by atoms with Gasteiger partial charge in [-0.05, 0) is 6.92 Å². The van der Waals surface area contributed by atoms with Crippen molar-refractivity contribution >= 4 is 17.6 Å². The van der Waals surface area contributed by atoms with Crippen LogP contribution in [0.5, 0.6) is 0 Å². The Labute approximate surface area is 86.1 Å². The predicted molar refractivity (Wildman–Crippen MR) is 49.9 cm³/mol. The fourth-order valence-electron chi connectivity index (χ4n) is 0.874. The first-order valence-electron chi connectivity index (χ1n) is 3.91. The first-order valence-corrected chi connectivity index (χ1v) is 4.29. The van der Waals surface area contributed by atoms with Gasteiger partial charge in [-0.15, -0.1) is 0 Å². The maximum absolute atomic E-state index is 11.3. The third-order valence-electron chi connectivity index (χ3n) is 1.50. The molecule has 1 rings (SSSR count). The van der Waals surface area contributed by atoms with Crippen molar-refractivity contribution in [3.63, 3.8) is 0 Å². The molecule has 0 unspecified atom stereocenters. The molecule has 0 aliphatic rings. The number of nitrogens with zero attached hydrogens (tertiary/aromatic N) is 2. The molecule has 5 heteroatoms. The zero-order valence-electron chi connectivity index (χ0n) is 7.45. The number of esters is 1. The second-order valence-corrected chi connectivity index (χ2v) is 2.76. The molecule has 0 amide bonds. The number of pyridine rings is 1. The lowest BCUT2D eigenvalue weighted by Gasteiger charge is -2.03. The van der Waals surface area contributed by atoms with Crippen LogP contribution in [0.25, 0.3) is 0 Å². The molecule has 72 valence electrons. The van der Waals surface area contributed by atoms with Gasteiger partial charge in [0, 0.05) is 12.4 Å². The lowest BCUT2D eigenvalue weighted by atomic mass is 10.2. The molecule has 0 radical (unpaired) electrons. The summed E-state index contributed by atoms with van der Waals surface area (Å²) < 4.78 is 4.74. The number of rotatable bonds is 2. The fourth-order valence-corrected chi connectivity index (χ4v) is 1.09. The van der Waals surface area contributed by atoms with E-state index >= 15 is 0 Å². The Morgan fingerprint density at radius 1 is 1.71 bits per heavy atom. The molecular weight excluding hydrogens is 204 g/mol. The molecule has 0 saturated carbocycles. The predicted octanol–water partition coefficient (Wildman–Crippen LogP) is 1.78. The summed E-state index contributed by atoms with van der Waals surface area (Å²) in [7, 11) is 0. The van der Waals surface area contributed by atoms with Crippen molar-refractivity contribution in [1.82, 2.24) is 4.98 Å². The van der Waals surface area contributed by atoms with Crippen LogP contribution in [0.15, 0.2) is 12.4 Å². The van der Waals surface area contributed by atoms with Crippen LogP contribution in [-0.2, 0) is 4.74 Å². The van der Waals surface area contributed by atoms with Gasteiger partial charge in [0.1, 0.15) is 6.07 Å². The Morgan fingerprint density at radius 2 is 2.43 bits per heavy atom. The van der Waals surface area contributed by atoms with Crippen LogP contribution in [0.2, 0.25) is 5.02 Å². The summed E-state index contributed by atoms with van der Waals surface area (Å²) in [5.74, 6) is -0.567. The number of aromatic nitrogens is 1. The second kappa shape index (κ2) is 4.58. The van der Waals surface area contributed by atoms with Crippen LogP contribution in [0.3, 0.4) is 0 Å². The molecule has 4 nitrogen and oxygen atoms in total. The summed E-state index contributed by atoms with van der Waals surface area (Å²) in [5.41, 5.74) is 0.282. The van der Waals surface area contributed by atoms with Crippen molar-refractivity contribution in [2.24, 2.45) is 0 Å². The van der Waals surface area contributed by atoms with Crippen LogP contribution in [0, 0.1) is 11.3 Å². The van der Waals surface area contributed by atoms with E-state index in [9.17, 15) is 4.79 Å². The molecule has 0 spiro atoms. The number of hydrogen-bond acceptors (Lipinski definition) is 4. The minimum Gasteiger partial charge on any atom is -0.462 e. The van der Waals surface area contributed by atoms with E-state index < -0.39 is 5.97 Å². The molecule has 0 aliphatic heterocycles. The normalized spacial score (nSPS) is 9.21. The van der Waals surface area contributed by atoms with Crippen LogP contribution in [-0.4, -0.2) is 17.6 Å². The number of hydrogen-bond donors (Lipinski definition) is 0. The van der Waals surface area contributed by atoms with E-state index in [-0.39, 0.29) is 22.8 Å². The molecule has 0 aliphatic carbocycles. The highest BCUT2D eigenvalue weighted by molar-refractivity contribution is 6.34. The molecule has 1 heterocycles. The Morgan fingerprint density at radius 3 is 3.00 bits per heavy atom. The molecule has 0 atom stereocenters. The number of ether oxygens (including phenoxy) is 1. The summed E-state index contributed by atoms with van der Waals surface area (Å²) in [6.07, 6.45) is 2.58. The van der Waals surface area contributed by atoms with Gasteiger partial charge < -0.3 is 4.74 Å². The number of carbonyl (C=O) groups is 1. The molecule has 0 N–H and O–H groups in total. The highest BCUT2D eigenvalue weighted by atomic mass is 35.5. The summed E-state index contributed by atoms with van der Waals surface area (Å²) in [6, 6.07) is 1.83. The maximum Gasteiger partial charge on any atom is 0.341 e. The third-order valence-corrected chi connectivity index (χ3v) is 1.90. The summed E-state index contributed by atoms with van der Waals surface area (Å²) in [6.45, 7) is 1.94. The van der Waals surface area contributed by atoms with E-state index in [4.69, 9.17) is 21.6 Å². The summed E-state index contributed by atoms with van der Waals surface area (Å²) >= 11 is 5.78. The lowest BCUT2D eigenvalue weighted by molar-refractivity contribution is 0.0526. The van der Waals surface area contributed by atoms with Crippen LogP contribution >= 0.6 is 11.6 Å². The molecular formula is C9H7ClN2O2. The highest BCUT2D eigenvalue weighted by Gasteiger charge is 2.14. The van der Waals surface area contributed by atoms with Crippen molar-refractivity contribution in [3.05, 3.63) is 28.5 Å². The molecule has 0 bridgehead atoms. The largest absolute Gasteiger partial charge is 0.462 e. The Balaban J connectivity index is 3.11. The standard InChI is InChI=1S/C9H7ClN2O2/c1-2-14-9(13)7-5-12-4-6(3-11)8(7)10/h4-5H,2H2,1H3. The molecule has 0 aromatic carbocycles. The number of halogens is 1. The topological polar surface area (TPSA) is 63.0 Å². The molecule has 14 heavy (non-hydrogen) atoms. The molecule has 1 aromatic rings. The van der Waals surface area contributed by atoms with Crippen LogP contribution in [0.4, 0.5) is 0 Å². The Hall–Kier alpha value is -1.60. The minimum atomic E-state index is -0.567. The van der Waals surface area contributed by atoms with Crippen molar-refractivity contribution in [2.45, 2.75) is 6.92 Å². The van der Waals surface area contributed by atoms with Crippen molar-refractivity contribution < 1.29 is 9.53 Å². The summed E-state index contributed by atoms with van der Waals surface area (Å²) in [4.78, 5) is 15.0. The zero-order chi connectivity index (χ0) is 10.6. The van der Waals surface area contributed by atoms with Gasteiger partial charge in [-0.25, -0.2) is 4.79 Å². The average molecular weight is 211 g/mol. The van der Waals surface area contributed by atoms with Crippen LogP contribution < -0.4 is 0 Å². The smallest absolute Gasteiger partial charge is 0.341 e. The third kappa shape index (κ3) is 2.01. The van der Waals surface area contributed by atoms with Gasteiger partial charge in [0.2, 0.25) is 0 Å². The SMILES string of the molecule is CCOC(=O)c1cncc(C#N)c1Cl. The quantitative estimate of drug-likeness (QED) is 0.698. The molecule has 0 fully saturated rings. The minimum absolute atomic E-state index is 0.0842. The number of carbonyl (C=O) groups excluding carboxylic acids is 1. The average Bonchev–Trinajstić information content (AvgIpc) is 2.18. The van der Waals surface area contributed by atoms with E-state index in [1.165, 1.54) is 12.4 Å². The van der Waals surface area contributed by atoms with Gasteiger partial charge in [-0.2, -0.15) is 5.26 Å². The van der Waals surface area contributed by atoms with E-state index in [2.05, 4.69) is 4.98 Å². The van der Waals surface area contributed by atoms with Crippen LogP contribution in [0.1, 0.15) is 22.8 Å². The van der Waals surface area contributed by atoms with Gasteiger partial charge in [0.05, 0.1) is 22.8 Å². The van der Waals surface area contributed by atoms with E-state index in [0.717, 1.165) is 0 Å². The van der Waals surface area contributed by atoms with Crippen molar-refractivity contribution in [2.75, 3.05) is 6.61 Å². The molecule has 1 aromatic heterocycles. The van der Waals surface area contributed by atoms with E-state index in [1.54, 1.807) is 6.92 Å². The maximum atomic E-state index is 11.3. The summed E-state index contributed by atoms with van der Waals surface area (Å²) in [5, 5.41) is 8.71. The fraction of sp³-hybridized carbons (Fsp3) is 0.222. The van der Waals surface area contributed by atoms with Crippen molar-refractivity contribution in [3.8, 4) is 6.07 Å². The Bertz CT molecular complexity index is 398. The number of nitriles is 1. The van der Waals surface area contributed by atoms with E-state index in [0.29, 0.717) is 0 Å². The van der Waals surface area contributed by atoms with Gasteiger partial charge >= 0.3 is 5.97 Å². The molecule has 0 saturated heterocycles. The Kier molecular flexibility index (Phi) is 3.43. The van der Waals surface area contributed by atoms with Gasteiger partial charge in [-0.3, -0.25) is 4.98 Å². The first-order chi connectivity index (χ1) is 6.70. The van der Waals surface area contributed by atoms with E-state index in [1.807, 2.05) is 6.07 Å². The highest BCUT2D eigenvalue weighted by Crippen LogP contribution is 2.19. The first kappa shape index (κ1) is 10.5. The van der Waals surface area contributed by atoms with Crippen molar-refractivity contribution in [1.29, 1.82) is 5.26 Å². The monoisotopic (exact) mass is 210 g/mol. The van der Waals surface area contributed by atoms with Gasteiger partial charge in [-0.1, -0.05) is 11.6 Å². The lowest BCUT2D eigenvalue weighted by Crippen LogP contribution is -2.06.